The maximum Gasteiger partial charge on any atom is 0.321 e. The highest BCUT2D eigenvalue weighted by molar-refractivity contribution is 5.96. The fourth-order valence-electron chi connectivity index (χ4n) is 3.04. The van der Waals surface area contributed by atoms with Crippen molar-refractivity contribution in [3.05, 3.63) is 63.9 Å². The van der Waals surface area contributed by atoms with E-state index < -0.39 is 11.9 Å². The van der Waals surface area contributed by atoms with Gasteiger partial charge in [-0.2, -0.15) is 5.10 Å². The Morgan fingerprint density at radius 1 is 1.07 bits per heavy atom. The molecule has 0 aliphatic heterocycles. The number of nitrogens with one attached hydrogen (secondary N) is 2. The summed E-state index contributed by atoms with van der Waals surface area (Å²) >= 11 is 0. The first-order valence-corrected chi connectivity index (χ1v) is 9.06. The van der Waals surface area contributed by atoms with E-state index in [1.54, 1.807) is 19.1 Å². The van der Waals surface area contributed by atoms with Gasteiger partial charge in [0, 0.05) is 17.5 Å². The molecule has 7 heteroatoms. The molecule has 0 fully saturated rings. The molecule has 0 saturated carbocycles. The summed E-state index contributed by atoms with van der Waals surface area (Å²) in [6.07, 6.45) is 0. The van der Waals surface area contributed by atoms with Crippen LogP contribution in [0.1, 0.15) is 18.1 Å². The largest absolute Gasteiger partial charge is 0.338 e. The van der Waals surface area contributed by atoms with Crippen molar-refractivity contribution in [1.29, 1.82) is 0 Å². The predicted octanol–water partition coefficient (Wildman–Crippen LogP) is 2.53. The summed E-state index contributed by atoms with van der Waals surface area (Å²) in [7, 11) is 0. The highest BCUT2D eigenvalue weighted by Crippen LogP contribution is 2.28. The number of carbonyl (C=O) groups excluding carboxylic acids is 2. The molecule has 0 aliphatic carbocycles. The van der Waals surface area contributed by atoms with Gasteiger partial charge < -0.3 is 5.32 Å². The number of imide groups is 1. The van der Waals surface area contributed by atoms with Gasteiger partial charge in [-0.15, -0.1) is 0 Å². The number of urea groups is 1. The quantitative estimate of drug-likeness (QED) is 0.730. The third-order valence-electron chi connectivity index (χ3n) is 4.40. The van der Waals surface area contributed by atoms with E-state index in [4.69, 9.17) is 0 Å². The van der Waals surface area contributed by atoms with Crippen LogP contribution < -0.4 is 16.2 Å². The summed E-state index contributed by atoms with van der Waals surface area (Å²) in [4.78, 5) is 36.6. The van der Waals surface area contributed by atoms with Crippen LogP contribution >= 0.6 is 0 Å². The minimum atomic E-state index is -0.609. The van der Waals surface area contributed by atoms with Crippen molar-refractivity contribution in [2.75, 3.05) is 6.54 Å². The summed E-state index contributed by atoms with van der Waals surface area (Å²) in [6, 6.07) is 12.6. The lowest BCUT2D eigenvalue weighted by atomic mass is 9.99. The van der Waals surface area contributed by atoms with Gasteiger partial charge in [0.15, 0.2) is 0 Å². The molecule has 2 N–H and O–H groups in total. The van der Waals surface area contributed by atoms with Crippen molar-refractivity contribution in [2.24, 2.45) is 0 Å². The molecule has 3 rings (SSSR count). The molecule has 28 heavy (non-hydrogen) atoms. The summed E-state index contributed by atoms with van der Waals surface area (Å²) in [6.45, 7) is 5.75. The number of aromatic nitrogens is 2. The Kier molecular flexibility index (Phi) is 5.54. The lowest BCUT2D eigenvalue weighted by Gasteiger charge is -2.13. The van der Waals surface area contributed by atoms with Crippen molar-refractivity contribution in [1.82, 2.24) is 20.4 Å². The smallest absolute Gasteiger partial charge is 0.321 e. The van der Waals surface area contributed by atoms with E-state index in [1.165, 1.54) is 0 Å². The summed E-state index contributed by atoms with van der Waals surface area (Å²) in [5.41, 5.74) is 3.23. The topological polar surface area (TPSA) is 93.1 Å². The van der Waals surface area contributed by atoms with Crippen LogP contribution in [-0.4, -0.2) is 28.3 Å². The number of amides is 3. The Hall–Kier alpha value is -3.48. The fourth-order valence-corrected chi connectivity index (χ4v) is 3.04. The minimum absolute atomic E-state index is 0.349. The SMILES string of the molecule is CCNC(=O)NC(=O)Cn1nc(-c2cc(C)ccc2C)c2ccccc2c1=O. The Labute approximate surface area is 162 Å². The molecular weight excluding hydrogens is 356 g/mol. The molecule has 1 aromatic heterocycles. The van der Waals surface area contributed by atoms with Gasteiger partial charge in [0.2, 0.25) is 5.91 Å². The standard InChI is InChI=1S/C21H22N4O3/c1-4-22-21(28)23-18(26)12-25-20(27)16-8-6-5-7-15(16)19(24-25)17-11-13(2)9-10-14(17)3/h5-11H,4,12H2,1-3H3,(H2,22,23,26,28). The molecule has 0 atom stereocenters. The number of nitrogens with zero attached hydrogens (tertiary/aromatic N) is 2. The van der Waals surface area contributed by atoms with E-state index in [1.807, 2.05) is 44.2 Å². The third kappa shape index (κ3) is 3.93. The average molecular weight is 378 g/mol. The predicted molar refractivity (Wildman–Crippen MR) is 108 cm³/mol. The van der Waals surface area contributed by atoms with Crippen molar-refractivity contribution < 1.29 is 9.59 Å². The maximum absolute atomic E-state index is 12.8. The van der Waals surface area contributed by atoms with Gasteiger partial charge in [0.25, 0.3) is 5.56 Å². The van der Waals surface area contributed by atoms with Crippen LogP contribution in [0.3, 0.4) is 0 Å². The number of benzene rings is 2. The second kappa shape index (κ2) is 8.04. The lowest BCUT2D eigenvalue weighted by Crippen LogP contribution is -2.42. The van der Waals surface area contributed by atoms with Crippen LogP contribution in [0.5, 0.6) is 0 Å². The van der Waals surface area contributed by atoms with Crippen LogP contribution in [0.2, 0.25) is 0 Å². The number of hydrogen-bond donors (Lipinski definition) is 2. The number of hydrogen-bond acceptors (Lipinski definition) is 4. The van der Waals surface area contributed by atoms with Gasteiger partial charge in [-0.3, -0.25) is 14.9 Å². The maximum atomic E-state index is 12.8. The van der Waals surface area contributed by atoms with Crippen molar-refractivity contribution >= 4 is 22.7 Å². The lowest BCUT2D eigenvalue weighted by molar-refractivity contribution is -0.120. The molecule has 1 heterocycles. The van der Waals surface area contributed by atoms with Gasteiger partial charge in [-0.25, -0.2) is 9.48 Å². The normalized spacial score (nSPS) is 10.7. The third-order valence-corrected chi connectivity index (χ3v) is 4.40. The van der Waals surface area contributed by atoms with Gasteiger partial charge in [-0.05, 0) is 38.5 Å². The monoisotopic (exact) mass is 378 g/mol. The Morgan fingerprint density at radius 2 is 1.79 bits per heavy atom. The fraction of sp³-hybridized carbons (Fsp3) is 0.238. The van der Waals surface area contributed by atoms with Gasteiger partial charge in [0.05, 0.1) is 11.1 Å². The first-order chi connectivity index (χ1) is 13.4. The zero-order chi connectivity index (χ0) is 20.3. The van der Waals surface area contributed by atoms with Crippen molar-refractivity contribution in [2.45, 2.75) is 27.3 Å². The molecule has 0 radical (unpaired) electrons. The molecule has 144 valence electrons. The molecule has 3 amide bonds. The Morgan fingerprint density at radius 3 is 2.50 bits per heavy atom. The molecule has 0 spiro atoms. The Bertz CT molecular complexity index is 1120. The second-order valence-electron chi connectivity index (χ2n) is 6.58. The van der Waals surface area contributed by atoms with E-state index in [0.29, 0.717) is 17.6 Å². The molecule has 0 saturated heterocycles. The number of aryl methyl sites for hydroxylation is 2. The van der Waals surface area contributed by atoms with Crippen molar-refractivity contribution in [3.63, 3.8) is 0 Å². The molecule has 0 unspecified atom stereocenters. The summed E-state index contributed by atoms with van der Waals surface area (Å²) in [5.74, 6) is -0.609. The van der Waals surface area contributed by atoms with E-state index >= 15 is 0 Å². The molecule has 3 aromatic rings. The molecule has 2 aromatic carbocycles. The summed E-state index contributed by atoms with van der Waals surface area (Å²) in [5, 5.41) is 10.3. The van der Waals surface area contributed by atoms with Crippen molar-refractivity contribution in [3.8, 4) is 11.3 Å². The highest BCUT2D eigenvalue weighted by atomic mass is 16.2. The van der Waals surface area contributed by atoms with Crippen LogP contribution in [0.4, 0.5) is 4.79 Å². The van der Waals surface area contributed by atoms with E-state index in [-0.39, 0.29) is 12.1 Å². The number of carbonyl (C=O) groups is 2. The Balaban J connectivity index is 2.11. The van der Waals surface area contributed by atoms with Gasteiger partial charge in [0.1, 0.15) is 6.54 Å². The number of rotatable bonds is 4. The first-order valence-electron chi connectivity index (χ1n) is 9.06. The van der Waals surface area contributed by atoms with Gasteiger partial charge >= 0.3 is 6.03 Å². The van der Waals surface area contributed by atoms with Crippen LogP contribution in [-0.2, 0) is 11.3 Å². The van der Waals surface area contributed by atoms with Crippen LogP contribution in [0, 0.1) is 13.8 Å². The zero-order valence-electron chi connectivity index (χ0n) is 16.1. The minimum Gasteiger partial charge on any atom is -0.338 e. The van der Waals surface area contributed by atoms with Crippen LogP contribution in [0.15, 0.2) is 47.3 Å². The summed E-state index contributed by atoms with van der Waals surface area (Å²) < 4.78 is 1.11. The highest BCUT2D eigenvalue weighted by Gasteiger charge is 2.16. The molecule has 0 aliphatic rings. The average Bonchev–Trinajstić information content (AvgIpc) is 2.66. The van der Waals surface area contributed by atoms with E-state index in [0.717, 1.165) is 26.8 Å². The molecule has 7 nitrogen and oxygen atoms in total. The van der Waals surface area contributed by atoms with E-state index in [9.17, 15) is 14.4 Å². The number of fused-ring (bicyclic) bond motifs is 1. The molecular formula is C21H22N4O3. The van der Waals surface area contributed by atoms with Gasteiger partial charge in [-0.1, -0.05) is 35.9 Å². The van der Waals surface area contributed by atoms with E-state index in [2.05, 4.69) is 15.7 Å². The first kappa shape index (κ1) is 19.3. The zero-order valence-corrected chi connectivity index (χ0v) is 16.1. The second-order valence-corrected chi connectivity index (χ2v) is 6.58. The van der Waals surface area contributed by atoms with Crippen LogP contribution in [0.25, 0.3) is 22.0 Å². The molecule has 0 bridgehead atoms.